The van der Waals surface area contributed by atoms with E-state index in [1.165, 1.54) is 0 Å². The zero-order chi connectivity index (χ0) is 12.0. The highest BCUT2D eigenvalue weighted by atomic mass is 16.2. The van der Waals surface area contributed by atoms with Gasteiger partial charge in [-0.1, -0.05) is 31.8 Å². The van der Waals surface area contributed by atoms with Crippen LogP contribution in [-0.4, -0.2) is 29.9 Å². The highest BCUT2D eigenvalue weighted by Gasteiger charge is 2.32. The van der Waals surface area contributed by atoms with E-state index >= 15 is 0 Å². The summed E-state index contributed by atoms with van der Waals surface area (Å²) in [5.41, 5.74) is 8.26. The number of rotatable bonds is 6. The quantitative estimate of drug-likeness (QED) is 0.388. The van der Waals surface area contributed by atoms with Crippen LogP contribution in [0.15, 0.2) is 5.11 Å². The molecule has 1 amide bonds. The fraction of sp³-hybridized carbons (Fsp3) is 0.909. The number of likely N-dealkylation sites (tertiary alicyclic amines) is 1. The van der Waals surface area contributed by atoms with Crippen LogP contribution in [0.4, 0.5) is 0 Å². The first kappa shape index (κ1) is 12.8. The van der Waals surface area contributed by atoms with Gasteiger partial charge in [0.05, 0.1) is 6.04 Å². The van der Waals surface area contributed by atoms with E-state index in [0.717, 1.165) is 25.7 Å². The molecule has 0 aromatic heterocycles. The third-order valence-electron chi connectivity index (χ3n) is 3.01. The Balaban J connectivity index is 2.41. The Hall–Kier alpha value is -1.22. The molecule has 1 aliphatic heterocycles. The smallest absolute Gasteiger partial charge is 0.225 e. The molecule has 0 radical (unpaired) electrons. The largest absolute Gasteiger partial charge is 0.341 e. The third-order valence-corrected chi connectivity index (χ3v) is 3.01. The second kappa shape index (κ2) is 6.38. The molecule has 5 nitrogen and oxygen atoms in total. The highest BCUT2D eigenvalue weighted by Crippen LogP contribution is 2.21. The second-order valence-electron chi connectivity index (χ2n) is 4.38. The lowest BCUT2D eigenvalue weighted by molar-refractivity contribution is -0.140. The van der Waals surface area contributed by atoms with Crippen LogP contribution in [0.25, 0.3) is 10.4 Å². The Morgan fingerprint density at radius 3 is 2.44 bits per heavy atom. The predicted octanol–water partition coefficient (Wildman–Crippen LogP) is 2.72. The molecule has 0 aromatic carbocycles. The summed E-state index contributed by atoms with van der Waals surface area (Å²) in [5.74, 6) is 0.412. The SMILES string of the molecule is CCCC(CCC)C(=O)N1CC(N=[N+]=[N-])C1. The van der Waals surface area contributed by atoms with Crippen LogP contribution in [0.2, 0.25) is 0 Å². The van der Waals surface area contributed by atoms with Crippen molar-refractivity contribution in [1.29, 1.82) is 0 Å². The zero-order valence-corrected chi connectivity index (χ0v) is 10.1. The van der Waals surface area contributed by atoms with E-state index in [1.54, 1.807) is 0 Å². The molecule has 1 rings (SSSR count). The Kier molecular flexibility index (Phi) is 5.12. The fourth-order valence-electron chi connectivity index (χ4n) is 2.13. The molecule has 0 aromatic rings. The van der Waals surface area contributed by atoms with Crippen LogP contribution in [-0.2, 0) is 4.79 Å². The number of azide groups is 1. The molecule has 5 heteroatoms. The van der Waals surface area contributed by atoms with Gasteiger partial charge < -0.3 is 4.90 Å². The second-order valence-corrected chi connectivity index (χ2v) is 4.38. The van der Waals surface area contributed by atoms with Gasteiger partial charge in [-0.25, -0.2) is 0 Å². The van der Waals surface area contributed by atoms with Crippen molar-refractivity contribution in [3.05, 3.63) is 10.4 Å². The molecular weight excluding hydrogens is 204 g/mol. The van der Waals surface area contributed by atoms with Gasteiger partial charge in [-0.15, -0.1) is 0 Å². The molecule has 1 heterocycles. The molecule has 0 bridgehead atoms. The molecule has 1 fully saturated rings. The lowest BCUT2D eigenvalue weighted by Gasteiger charge is -2.38. The fourth-order valence-corrected chi connectivity index (χ4v) is 2.13. The van der Waals surface area contributed by atoms with Gasteiger partial charge in [-0.05, 0) is 18.4 Å². The van der Waals surface area contributed by atoms with Crippen LogP contribution >= 0.6 is 0 Å². The minimum Gasteiger partial charge on any atom is -0.341 e. The molecule has 0 unspecified atom stereocenters. The Bertz CT molecular complexity index is 274. The molecule has 0 saturated carbocycles. The first-order valence-corrected chi connectivity index (χ1v) is 6.05. The molecular formula is C11H20N4O. The van der Waals surface area contributed by atoms with Crippen molar-refractivity contribution in [2.24, 2.45) is 11.0 Å². The molecule has 16 heavy (non-hydrogen) atoms. The van der Waals surface area contributed by atoms with E-state index in [0.29, 0.717) is 13.1 Å². The van der Waals surface area contributed by atoms with Gasteiger partial charge in [-0.2, -0.15) is 0 Å². The van der Waals surface area contributed by atoms with Crippen molar-refractivity contribution in [3.63, 3.8) is 0 Å². The number of carbonyl (C=O) groups is 1. The molecule has 0 aliphatic carbocycles. The molecule has 1 saturated heterocycles. The maximum absolute atomic E-state index is 12.0. The lowest BCUT2D eigenvalue weighted by atomic mass is 9.94. The van der Waals surface area contributed by atoms with Crippen molar-refractivity contribution in [1.82, 2.24) is 4.90 Å². The Morgan fingerprint density at radius 1 is 1.44 bits per heavy atom. The summed E-state index contributed by atoms with van der Waals surface area (Å²) in [4.78, 5) is 16.6. The van der Waals surface area contributed by atoms with Gasteiger partial charge in [0.2, 0.25) is 5.91 Å². The maximum atomic E-state index is 12.0. The molecule has 0 atom stereocenters. The number of carbonyl (C=O) groups excluding carboxylic acids is 1. The van der Waals surface area contributed by atoms with Crippen molar-refractivity contribution < 1.29 is 4.79 Å². The Labute approximate surface area is 96.4 Å². The number of hydrogen-bond acceptors (Lipinski definition) is 2. The highest BCUT2D eigenvalue weighted by molar-refractivity contribution is 5.79. The standard InChI is InChI=1S/C11H20N4O/c1-3-5-9(6-4-2)11(16)15-7-10(8-15)13-14-12/h9-10H,3-8H2,1-2H3. The number of hydrogen-bond donors (Lipinski definition) is 0. The summed E-state index contributed by atoms with van der Waals surface area (Å²) in [6.45, 7) is 5.42. The van der Waals surface area contributed by atoms with Crippen molar-refractivity contribution in [2.75, 3.05) is 13.1 Å². The Morgan fingerprint density at radius 2 is 2.00 bits per heavy atom. The van der Waals surface area contributed by atoms with Gasteiger partial charge in [0.25, 0.3) is 0 Å². The zero-order valence-electron chi connectivity index (χ0n) is 10.1. The maximum Gasteiger partial charge on any atom is 0.225 e. The van der Waals surface area contributed by atoms with Gasteiger partial charge in [0.1, 0.15) is 0 Å². The monoisotopic (exact) mass is 224 g/mol. The minimum absolute atomic E-state index is 0.00199. The van der Waals surface area contributed by atoms with Crippen LogP contribution in [0.1, 0.15) is 39.5 Å². The van der Waals surface area contributed by atoms with Crippen molar-refractivity contribution >= 4 is 5.91 Å². The topological polar surface area (TPSA) is 69.1 Å². The lowest BCUT2D eigenvalue weighted by Crippen LogP contribution is -2.54. The summed E-state index contributed by atoms with van der Waals surface area (Å²) in [5, 5.41) is 3.60. The van der Waals surface area contributed by atoms with E-state index < -0.39 is 0 Å². The van der Waals surface area contributed by atoms with E-state index in [4.69, 9.17) is 5.53 Å². The summed E-state index contributed by atoms with van der Waals surface area (Å²) in [6, 6.07) is -0.00199. The molecule has 0 spiro atoms. The van der Waals surface area contributed by atoms with Gasteiger partial charge in [0.15, 0.2) is 0 Å². The third kappa shape index (κ3) is 3.14. The van der Waals surface area contributed by atoms with Gasteiger partial charge in [-0.3, -0.25) is 4.79 Å². The first-order chi connectivity index (χ1) is 7.72. The predicted molar refractivity (Wildman–Crippen MR) is 62.8 cm³/mol. The van der Waals surface area contributed by atoms with E-state index in [2.05, 4.69) is 23.9 Å². The van der Waals surface area contributed by atoms with Gasteiger partial charge in [0, 0.05) is 23.9 Å². The average molecular weight is 224 g/mol. The summed E-state index contributed by atoms with van der Waals surface area (Å²) < 4.78 is 0. The molecule has 1 aliphatic rings. The van der Waals surface area contributed by atoms with Gasteiger partial charge >= 0.3 is 0 Å². The van der Waals surface area contributed by atoms with E-state index in [-0.39, 0.29) is 17.9 Å². The molecule has 90 valence electrons. The molecule has 0 N–H and O–H groups in total. The van der Waals surface area contributed by atoms with Crippen molar-refractivity contribution in [2.45, 2.75) is 45.6 Å². The first-order valence-electron chi connectivity index (χ1n) is 6.05. The van der Waals surface area contributed by atoms with E-state index in [9.17, 15) is 4.79 Å². The average Bonchev–Trinajstić information content (AvgIpc) is 2.21. The number of amides is 1. The number of nitrogens with zero attached hydrogens (tertiary/aromatic N) is 4. The minimum atomic E-state index is -0.00199. The van der Waals surface area contributed by atoms with Crippen LogP contribution in [0.5, 0.6) is 0 Å². The van der Waals surface area contributed by atoms with Crippen LogP contribution in [0.3, 0.4) is 0 Å². The van der Waals surface area contributed by atoms with Crippen LogP contribution < -0.4 is 0 Å². The van der Waals surface area contributed by atoms with E-state index in [1.807, 2.05) is 4.90 Å². The van der Waals surface area contributed by atoms with Crippen LogP contribution in [0, 0.1) is 5.92 Å². The summed E-state index contributed by atoms with van der Waals surface area (Å²) >= 11 is 0. The summed E-state index contributed by atoms with van der Waals surface area (Å²) in [7, 11) is 0. The normalized spacial score (nSPS) is 15.8. The summed E-state index contributed by atoms with van der Waals surface area (Å²) in [6.07, 6.45) is 4.03. The van der Waals surface area contributed by atoms with Crippen molar-refractivity contribution in [3.8, 4) is 0 Å².